The van der Waals surface area contributed by atoms with Crippen molar-refractivity contribution in [2.75, 3.05) is 19.7 Å². The van der Waals surface area contributed by atoms with Crippen LogP contribution in [0.2, 0.25) is 5.02 Å². The van der Waals surface area contributed by atoms with E-state index in [1.165, 1.54) is 11.3 Å². The van der Waals surface area contributed by atoms with Gasteiger partial charge in [0.15, 0.2) is 6.61 Å². The van der Waals surface area contributed by atoms with Crippen LogP contribution < -0.4 is 0 Å². The average molecular weight is 406 g/mol. The van der Waals surface area contributed by atoms with Crippen LogP contribution in [0.3, 0.4) is 0 Å². The predicted molar refractivity (Wildman–Crippen MR) is 104 cm³/mol. The van der Waals surface area contributed by atoms with Crippen molar-refractivity contribution in [1.82, 2.24) is 4.90 Å². The molecule has 1 aliphatic rings. The summed E-state index contributed by atoms with van der Waals surface area (Å²) in [4.78, 5) is 40.3. The van der Waals surface area contributed by atoms with Crippen LogP contribution in [0.25, 0.3) is 0 Å². The molecule has 0 spiro atoms. The summed E-state index contributed by atoms with van der Waals surface area (Å²) in [6.45, 7) is 2.55. The minimum atomic E-state index is -0.426. The molecule has 7 heteroatoms. The van der Waals surface area contributed by atoms with E-state index in [0.717, 1.165) is 11.3 Å². The molecule has 0 unspecified atom stereocenters. The van der Waals surface area contributed by atoms with Crippen molar-refractivity contribution in [3.8, 4) is 0 Å². The number of piperidine rings is 1. The Morgan fingerprint density at radius 3 is 2.59 bits per heavy atom. The van der Waals surface area contributed by atoms with Crippen molar-refractivity contribution in [3.63, 3.8) is 0 Å². The second-order valence-corrected chi connectivity index (χ2v) is 8.26. The Labute approximate surface area is 166 Å². The number of esters is 1. The fraction of sp³-hybridized carbons (Fsp3) is 0.350. The minimum absolute atomic E-state index is 0.130. The molecule has 1 fully saturated rings. The maximum Gasteiger partial charge on any atom is 0.311 e. The van der Waals surface area contributed by atoms with E-state index in [0.29, 0.717) is 35.0 Å². The number of likely N-dealkylation sites (tertiary alicyclic amines) is 1. The van der Waals surface area contributed by atoms with Gasteiger partial charge in [-0.2, -0.15) is 0 Å². The Balaban J connectivity index is 1.55. The molecule has 3 rings (SSSR count). The van der Waals surface area contributed by atoms with Gasteiger partial charge in [-0.15, -0.1) is 11.3 Å². The predicted octanol–water partition coefficient (Wildman–Crippen LogP) is 3.99. The summed E-state index contributed by atoms with van der Waals surface area (Å²) in [5.74, 6) is -1.17. The third kappa shape index (κ3) is 4.96. The molecule has 1 saturated heterocycles. The maximum atomic E-state index is 12.6. The van der Waals surface area contributed by atoms with Gasteiger partial charge in [-0.3, -0.25) is 14.4 Å². The lowest BCUT2D eigenvalue weighted by Crippen LogP contribution is -2.43. The number of hydrogen-bond donors (Lipinski definition) is 0. The van der Waals surface area contributed by atoms with Crippen LogP contribution in [0.1, 0.15) is 37.7 Å². The number of carbonyl (C=O) groups excluding carboxylic acids is 3. The van der Waals surface area contributed by atoms with Crippen molar-refractivity contribution in [2.24, 2.45) is 5.92 Å². The van der Waals surface area contributed by atoms with Crippen LogP contribution >= 0.6 is 22.9 Å². The van der Waals surface area contributed by atoms with Gasteiger partial charge in [0.05, 0.1) is 10.8 Å². The number of thiophene rings is 1. The number of aryl methyl sites for hydroxylation is 1. The SMILES string of the molecule is Cc1ccc(C(=O)COC(=O)[C@@H]2CCCN(C(=O)c3ccc(Cl)cc3)C2)s1. The van der Waals surface area contributed by atoms with E-state index in [-0.39, 0.29) is 18.3 Å². The number of rotatable bonds is 5. The summed E-state index contributed by atoms with van der Waals surface area (Å²) in [7, 11) is 0. The molecular weight excluding hydrogens is 386 g/mol. The molecule has 142 valence electrons. The molecule has 1 atom stereocenters. The highest BCUT2D eigenvalue weighted by atomic mass is 35.5. The van der Waals surface area contributed by atoms with Crippen molar-refractivity contribution in [3.05, 3.63) is 56.7 Å². The number of carbonyl (C=O) groups is 3. The summed E-state index contributed by atoms with van der Waals surface area (Å²) < 4.78 is 5.22. The zero-order valence-corrected chi connectivity index (χ0v) is 16.5. The number of benzene rings is 1. The Kier molecular flexibility index (Phi) is 6.29. The molecule has 0 saturated carbocycles. The Morgan fingerprint density at radius 1 is 1.19 bits per heavy atom. The molecule has 1 amide bonds. The standard InChI is InChI=1S/C20H20ClNO4S/c1-13-4-9-18(27-13)17(23)12-26-20(25)15-3-2-10-22(11-15)19(24)14-5-7-16(21)8-6-14/h4-9,15H,2-3,10-12H2,1H3/t15-/m1/s1. The smallest absolute Gasteiger partial charge is 0.311 e. The first-order chi connectivity index (χ1) is 12.9. The van der Waals surface area contributed by atoms with Crippen LogP contribution in [0, 0.1) is 12.8 Å². The lowest BCUT2D eigenvalue weighted by atomic mass is 9.97. The summed E-state index contributed by atoms with van der Waals surface area (Å²) in [5, 5.41) is 0.567. The van der Waals surface area contributed by atoms with Gasteiger partial charge in [-0.25, -0.2) is 0 Å². The largest absolute Gasteiger partial charge is 0.457 e. The molecule has 5 nitrogen and oxygen atoms in total. The number of hydrogen-bond acceptors (Lipinski definition) is 5. The summed E-state index contributed by atoms with van der Waals surface area (Å²) in [6, 6.07) is 10.3. The van der Waals surface area contributed by atoms with Crippen LogP contribution in [0.4, 0.5) is 0 Å². The van der Waals surface area contributed by atoms with Gasteiger partial charge in [-0.1, -0.05) is 11.6 Å². The van der Waals surface area contributed by atoms with Crippen molar-refractivity contribution >= 4 is 40.6 Å². The zero-order valence-electron chi connectivity index (χ0n) is 14.9. The van der Waals surface area contributed by atoms with Gasteiger partial charge < -0.3 is 9.64 Å². The van der Waals surface area contributed by atoms with E-state index in [1.54, 1.807) is 35.2 Å². The summed E-state index contributed by atoms with van der Waals surface area (Å²) in [5.41, 5.74) is 0.539. The number of nitrogens with zero attached hydrogens (tertiary/aromatic N) is 1. The van der Waals surface area contributed by atoms with E-state index in [1.807, 2.05) is 13.0 Å². The molecule has 2 aromatic rings. The zero-order chi connectivity index (χ0) is 19.4. The van der Waals surface area contributed by atoms with E-state index in [2.05, 4.69) is 0 Å². The molecule has 0 bridgehead atoms. The van der Waals surface area contributed by atoms with Gasteiger partial charge in [0.1, 0.15) is 0 Å². The molecular formula is C20H20ClNO4S. The highest BCUT2D eigenvalue weighted by Crippen LogP contribution is 2.21. The van der Waals surface area contributed by atoms with Crippen LogP contribution in [0.5, 0.6) is 0 Å². The summed E-state index contributed by atoms with van der Waals surface area (Å²) in [6.07, 6.45) is 1.37. The van der Waals surface area contributed by atoms with Crippen molar-refractivity contribution in [1.29, 1.82) is 0 Å². The monoisotopic (exact) mass is 405 g/mol. The van der Waals surface area contributed by atoms with Gasteiger partial charge >= 0.3 is 5.97 Å². The van der Waals surface area contributed by atoms with E-state index in [4.69, 9.17) is 16.3 Å². The highest BCUT2D eigenvalue weighted by Gasteiger charge is 2.30. The fourth-order valence-corrected chi connectivity index (χ4v) is 3.96. The summed E-state index contributed by atoms with van der Waals surface area (Å²) >= 11 is 7.24. The molecule has 27 heavy (non-hydrogen) atoms. The Bertz CT molecular complexity index is 846. The van der Waals surface area contributed by atoms with Crippen molar-refractivity contribution in [2.45, 2.75) is 19.8 Å². The molecule has 2 heterocycles. The number of Topliss-reactive ketones (excluding diaryl/α,β-unsaturated/α-hetero) is 1. The van der Waals surface area contributed by atoms with Gasteiger partial charge in [0.25, 0.3) is 5.91 Å². The molecule has 1 aromatic heterocycles. The second kappa shape index (κ2) is 8.67. The minimum Gasteiger partial charge on any atom is -0.457 e. The van der Waals surface area contributed by atoms with Crippen LogP contribution in [-0.4, -0.2) is 42.3 Å². The van der Waals surface area contributed by atoms with Gasteiger partial charge in [0.2, 0.25) is 5.78 Å². The number of halogens is 1. The Morgan fingerprint density at radius 2 is 1.93 bits per heavy atom. The van der Waals surface area contributed by atoms with E-state index in [9.17, 15) is 14.4 Å². The number of amides is 1. The normalized spacial score (nSPS) is 16.8. The molecule has 1 aromatic carbocycles. The number of ether oxygens (including phenoxy) is 1. The quantitative estimate of drug-likeness (QED) is 0.557. The van der Waals surface area contributed by atoms with Crippen LogP contribution in [-0.2, 0) is 9.53 Å². The number of ketones is 1. The van der Waals surface area contributed by atoms with E-state index < -0.39 is 11.9 Å². The van der Waals surface area contributed by atoms with Gasteiger partial charge in [0, 0.05) is 28.6 Å². The van der Waals surface area contributed by atoms with Gasteiger partial charge in [-0.05, 0) is 56.2 Å². The fourth-order valence-electron chi connectivity index (χ4n) is 3.04. The lowest BCUT2D eigenvalue weighted by molar-refractivity contribution is -0.148. The molecule has 1 aliphatic heterocycles. The van der Waals surface area contributed by atoms with Crippen molar-refractivity contribution < 1.29 is 19.1 Å². The first-order valence-corrected chi connectivity index (χ1v) is 9.94. The molecule has 0 radical (unpaired) electrons. The average Bonchev–Trinajstić information content (AvgIpc) is 3.12. The third-order valence-corrected chi connectivity index (χ3v) is 5.79. The lowest BCUT2D eigenvalue weighted by Gasteiger charge is -2.31. The van der Waals surface area contributed by atoms with E-state index >= 15 is 0 Å². The third-order valence-electron chi connectivity index (χ3n) is 4.49. The first kappa shape index (κ1) is 19.6. The molecule has 0 N–H and O–H groups in total. The topological polar surface area (TPSA) is 63.7 Å². The highest BCUT2D eigenvalue weighted by molar-refractivity contribution is 7.14. The second-order valence-electron chi connectivity index (χ2n) is 6.54. The molecule has 0 aliphatic carbocycles. The maximum absolute atomic E-state index is 12.6. The first-order valence-electron chi connectivity index (χ1n) is 8.75. The Hall–Kier alpha value is -2.18. The van der Waals surface area contributed by atoms with Crippen LogP contribution in [0.15, 0.2) is 36.4 Å².